The van der Waals surface area contributed by atoms with Gasteiger partial charge in [0.15, 0.2) is 0 Å². The fourth-order valence-corrected chi connectivity index (χ4v) is 44.0. The number of halogens is 4. The van der Waals surface area contributed by atoms with E-state index in [1.54, 1.807) is 0 Å². The molecule has 1 aliphatic heterocycles. The van der Waals surface area contributed by atoms with Crippen LogP contribution in [0.5, 0.6) is 0 Å². The van der Waals surface area contributed by atoms with Crippen molar-refractivity contribution in [2.24, 2.45) is 0 Å². The molecule has 1 saturated heterocycles. The Kier molecular flexibility index (Phi) is 5.42. The number of hydrogen-bond acceptors (Lipinski definition) is 4. The van der Waals surface area contributed by atoms with E-state index in [-0.39, 0.29) is 0 Å². The lowest BCUT2D eigenvalue weighted by Gasteiger charge is -2.42. The minimum Gasteiger partial charge on any atom is -0.399 e. The second-order valence-electron chi connectivity index (χ2n) is 3.75. The van der Waals surface area contributed by atoms with E-state index >= 15 is 0 Å². The maximum absolute atomic E-state index is 5.93. The lowest BCUT2D eigenvalue weighted by Crippen LogP contribution is -2.60. The minimum atomic E-state index is -2.41. The molecule has 0 unspecified atom stereocenters. The lowest BCUT2D eigenvalue weighted by atomic mass is 11.9. The van der Waals surface area contributed by atoms with Gasteiger partial charge in [0.05, 0.1) is 0 Å². The largest absolute Gasteiger partial charge is 0.399 e. The van der Waals surface area contributed by atoms with Crippen molar-refractivity contribution in [1.82, 2.24) is 0 Å². The van der Waals surface area contributed by atoms with E-state index in [9.17, 15) is 0 Å². The Bertz CT molecular complexity index is 213. The maximum atomic E-state index is 5.93. The highest BCUT2D eigenvalue weighted by Crippen LogP contribution is 2.39. The Morgan fingerprint density at radius 2 is 0.625 bits per heavy atom. The summed E-state index contributed by atoms with van der Waals surface area (Å²) in [5, 5.41) is 0. The third-order valence-electron chi connectivity index (χ3n) is 1.46. The van der Waals surface area contributed by atoms with Crippen LogP contribution < -0.4 is 0 Å². The van der Waals surface area contributed by atoms with Gasteiger partial charge in [0.2, 0.25) is 0 Å². The first kappa shape index (κ1) is 16.7. The van der Waals surface area contributed by atoms with Crippen LogP contribution in [-0.2, 0) is 16.5 Å². The van der Waals surface area contributed by atoms with Crippen LogP contribution in [0.4, 0.5) is 0 Å². The molecular formula is C4H12Br4O4Si4. The maximum Gasteiger partial charge on any atom is 0.394 e. The number of hydrogen-bond donors (Lipinski definition) is 0. The van der Waals surface area contributed by atoms with E-state index < -0.39 is 28.7 Å². The van der Waals surface area contributed by atoms with E-state index in [0.717, 1.165) is 0 Å². The van der Waals surface area contributed by atoms with E-state index in [2.05, 4.69) is 61.2 Å². The van der Waals surface area contributed by atoms with Crippen LogP contribution >= 0.6 is 61.2 Å². The van der Waals surface area contributed by atoms with Crippen LogP contribution in [0.3, 0.4) is 0 Å². The molecule has 16 heavy (non-hydrogen) atoms. The standard InChI is InChI=1S/C4H12Br4O4Si4/c1-13(5)9-14(2,6)11-16(4,8)12-15(3,7)10-13/h1-4H3. The van der Waals surface area contributed by atoms with Gasteiger partial charge in [-0.2, -0.15) is 0 Å². The first-order valence-electron chi connectivity index (χ1n) is 4.39. The summed E-state index contributed by atoms with van der Waals surface area (Å²) in [6.07, 6.45) is 0. The molecule has 0 saturated carbocycles. The fourth-order valence-electron chi connectivity index (χ4n) is 1.39. The Morgan fingerprint density at radius 3 is 0.750 bits per heavy atom. The highest BCUT2D eigenvalue weighted by atomic mass is 79.9. The molecule has 0 amide bonds. The molecule has 0 aliphatic carbocycles. The first-order valence-corrected chi connectivity index (χ1v) is 22.7. The topological polar surface area (TPSA) is 36.9 Å². The SMILES string of the molecule is C[Si]1(Br)O[Si](C)(Br)O[Si](C)(Br)O[Si](C)(Br)O1. The molecule has 1 rings (SSSR count). The van der Waals surface area contributed by atoms with Crippen molar-refractivity contribution in [3.63, 3.8) is 0 Å². The molecule has 0 aromatic rings. The summed E-state index contributed by atoms with van der Waals surface area (Å²) in [4.78, 5) is 0. The zero-order valence-electron chi connectivity index (χ0n) is 9.14. The summed E-state index contributed by atoms with van der Waals surface area (Å²) >= 11 is 14.0. The normalized spacial score (nSPS) is 55.5. The average Bonchev–Trinajstić information content (AvgIpc) is 1.67. The summed E-state index contributed by atoms with van der Waals surface area (Å²) in [7, 11) is -9.65. The summed E-state index contributed by atoms with van der Waals surface area (Å²) in [5.74, 6) is 0. The third kappa shape index (κ3) is 5.73. The highest BCUT2D eigenvalue weighted by Gasteiger charge is 2.55. The van der Waals surface area contributed by atoms with E-state index in [1.807, 2.05) is 26.2 Å². The van der Waals surface area contributed by atoms with Gasteiger partial charge in [-0.25, -0.2) is 0 Å². The molecule has 12 heteroatoms. The molecule has 1 aliphatic rings. The molecule has 1 heterocycles. The molecular weight excluding hydrogens is 544 g/mol. The van der Waals surface area contributed by atoms with Crippen LogP contribution in [0.25, 0.3) is 0 Å². The van der Waals surface area contributed by atoms with Gasteiger partial charge in [0, 0.05) is 0 Å². The predicted octanol–water partition coefficient (Wildman–Crippen LogP) is 3.92. The molecule has 0 N–H and O–H groups in total. The molecule has 0 bridgehead atoms. The van der Waals surface area contributed by atoms with Crippen molar-refractivity contribution in [1.29, 1.82) is 0 Å². The van der Waals surface area contributed by atoms with Crippen molar-refractivity contribution < 1.29 is 16.5 Å². The molecule has 0 atom stereocenters. The minimum absolute atomic E-state index is 1.91. The van der Waals surface area contributed by atoms with Crippen molar-refractivity contribution in [2.45, 2.75) is 26.2 Å². The number of rotatable bonds is 0. The van der Waals surface area contributed by atoms with Gasteiger partial charge in [-0.1, -0.05) is 61.2 Å². The Labute approximate surface area is 131 Å². The second kappa shape index (κ2) is 5.20. The molecule has 1 fully saturated rings. The fraction of sp³-hybridized carbons (Fsp3) is 1.00. The smallest absolute Gasteiger partial charge is 0.394 e. The van der Waals surface area contributed by atoms with Gasteiger partial charge in [-0.15, -0.1) is 0 Å². The van der Waals surface area contributed by atoms with Gasteiger partial charge in [0.1, 0.15) is 0 Å². The molecule has 96 valence electrons. The summed E-state index contributed by atoms with van der Waals surface area (Å²) < 4.78 is 23.7. The lowest BCUT2D eigenvalue weighted by molar-refractivity contribution is 0.279. The van der Waals surface area contributed by atoms with Crippen LogP contribution in [0.1, 0.15) is 0 Å². The van der Waals surface area contributed by atoms with Crippen molar-refractivity contribution in [2.75, 3.05) is 0 Å². The van der Waals surface area contributed by atoms with E-state index in [0.29, 0.717) is 0 Å². The predicted molar refractivity (Wildman–Crippen MR) is 86.5 cm³/mol. The third-order valence-corrected chi connectivity index (χ3v) is 24.8. The Hall–Kier alpha value is 2.63. The molecule has 0 spiro atoms. The van der Waals surface area contributed by atoms with Crippen LogP contribution in [0, 0.1) is 0 Å². The van der Waals surface area contributed by atoms with Crippen LogP contribution in [0.2, 0.25) is 26.2 Å². The van der Waals surface area contributed by atoms with E-state index in [1.165, 1.54) is 0 Å². The average molecular weight is 556 g/mol. The van der Waals surface area contributed by atoms with Crippen molar-refractivity contribution >= 4 is 89.9 Å². The highest BCUT2D eigenvalue weighted by molar-refractivity contribution is 9.28. The van der Waals surface area contributed by atoms with Gasteiger partial charge < -0.3 is 16.5 Å². The van der Waals surface area contributed by atoms with Gasteiger partial charge in [-0.3, -0.25) is 0 Å². The second-order valence-corrected chi connectivity index (χ2v) is 31.0. The summed E-state index contributed by atoms with van der Waals surface area (Å²) in [5.41, 5.74) is 0. The van der Waals surface area contributed by atoms with Gasteiger partial charge >= 0.3 is 28.7 Å². The monoisotopic (exact) mass is 552 g/mol. The molecule has 0 aromatic carbocycles. The van der Waals surface area contributed by atoms with Gasteiger partial charge in [-0.05, 0) is 26.2 Å². The molecule has 0 radical (unpaired) electrons. The van der Waals surface area contributed by atoms with Crippen molar-refractivity contribution in [3.05, 3.63) is 0 Å². The zero-order chi connectivity index (χ0) is 12.8. The molecule has 0 aromatic heterocycles. The Morgan fingerprint density at radius 1 is 0.500 bits per heavy atom. The zero-order valence-corrected chi connectivity index (χ0v) is 19.5. The van der Waals surface area contributed by atoms with Crippen LogP contribution in [-0.4, -0.2) is 28.7 Å². The first-order chi connectivity index (χ1) is 6.83. The summed E-state index contributed by atoms with van der Waals surface area (Å²) in [6, 6.07) is 0. The molecule has 4 nitrogen and oxygen atoms in total. The summed E-state index contributed by atoms with van der Waals surface area (Å²) in [6.45, 7) is 7.66. The van der Waals surface area contributed by atoms with E-state index in [4.69, 9.17) is 16.5 Å². The van der Waals surface area contributed by atoms with Crippen molar-refractivity contribution in [3.8, 4) is 0 Å². The van der Waals surface area contributed by atoms with Crippen LogP contribution in [0.15, 0.2) is 0 Å². The Balaban J connectivity index is 2.98. The quantitative estimate of drug-likeness (QED) is 0.335. The van der Waals surface area contributed by atoms with Gasteiger partial charge in [0.25, 0.3) is 0 Å².